The maximum absolute atomic E-state index is 13.3. The number of alkyl halides is 1. The Morgan fingerprint density at radius 1 is 1.35 bits per heavy atom. The minimum absolute atomic E-state index is 0.284. The summed E-state index contributed by atoms with van der Waals surface area (Å²) < 4.78 is 13.3. The van der Waals surface area contributed by atoms with Crippen LogP contribution in [0.2, 0.25) is 0 Å². The number of nitrogens with one attached hydrogen (secondary N) is 1. The van der Waals surface area contributed by atoms with Crippen molar-refractivity contribution in [1.29, 1.82) is 5.26 Å². The van der Waals surface area contributed by atoms with Crippen molar-refractivity contribution in [2.75, 3.05) is 32.9 Å². The molecule has 3 nitrogen and oxygen atoms in total. The van der Waals surface area contributed by atoms with Crippen LogP contribution < -0.4 is 5.32 Å². The molecule has 1 aromatic carbocycles. The molecule has 0 aliphatic carbocycles. The second-order valence-corrected chi connectivity index (χ2v) is 4.16. The number of nitriles is 1. The summed E-state index contributed by atoms with van der Waals surface area (Å²) in [5.41, 5.74) is 1.38. The summed E-state index contributed by atoms with van der Waals surface area (Å²) in [7, 11) is 0. The first kappa shape index (κ1) is 12.0. The summed E-state index contributed by atoms with van der Waals surface area (Å²) in [4.78, 5) is 2.10. The molecule has 90 valence electrons. The molecule has 1 aliphatic rings. The number of rotatable bonds is 3. The van der Waals surface area contributed by atoms with Gasteiger partial charge in [0, 0.05) is 26.2 Å². The summed E-state index contributed by atoms with van der Waals surface area (Å²) in [5, 5.41) is 12.3. The Balaban J connectivity index is 2.25. The van der Waals surface area contributed by atoms with Crippen LogP contribution in [0.1, 0.15) is 17.2 Å². The molecule has 0 radical (unpaired) electrons. The average Bonchev–Trinajstić information content (AvgIpc) is 2.41. The Morgan fingerprint density at radius 3 is 2.71 bits per heavy atom. The van der Waals surface area contributed by atoms with Gasteiger partial charge in [-0.15, -0.1) is 0 Å². The van der Waals surface area contributed by atoms with E-state index in [2.05, 4.69) is 16.3 Å². The van der Waals surface area contributed by atoms with Crippen LogP contribution in [0.4, 0.5) is 4.39 Å². The van der Waals surface area contributed by atoms with E-state index in [0.717, 1.165) is 31.7 Å². The standard InChI is InChI=1S/C13H16FN3/c14-9-13(17-7-5-16-6-8-17)12-4-2-1-3-11(12)10-15/h1-4,13,16H,5-9H2/t13-/m0/s1. The SMILES string of the molecule is N#Cc1ccccc1[C@H](CF)N1CCNCC1. The smallest absolute Gasteiger partial charge is 0.109 e. The van der Waals surface area contributed by atoms with Crippen LogP contribution in [0.3, 0.4) is 0 Å². The van der Waals surface area contributed by atoms with Crippen molar-refractivity contribution in [3.8, 4) is 6.07 Å². The van der Waals surface area contributed by atoms with Gasteiger partial charge < -0.3 is 5.32 Å². The van der Waals surface area contributed by atoms with Gasteiger partial charge in [-0.2, -0.15) is 5.26 Å². The Hall–Kier alpha value is -1.44. The first-order chi connectivity index (χ1) is 8.36. The number of nitrogens with zero attached hydrogens (tertiary/aromatic N) is 2. The number of hydrogen-bond acceptors (Lipinski definition) is 3. The number of hydrogen-bond donors (Lipinski definition) is 1. The Kier molecular flexibility index (Phi) is 4.08. The van der Waals surface area contributed by atoms with Gasteiger partial charge in [-0.1, -0.05) is 18.2 Å². The van der Waals surface area contributed by atoms with Gasteiger partial charge in [-0.25, -0.2) is 4.39 Å². The van der Waals surface area contributed by atoms with Gasteiger partial charge in [0.25, 0.3) is 0 Å². The van der Waals surface area contributed by atoms with Crippen LogP contribution in [0.25, 0.3) is 0 Å². The molecule has 1 fully saturated rings. The van der Waals surface area contributed by atoms with Gasteiger partial charge in [-0.05, 0) is 11.6 Å². The number of benzene rings is 1. The summed E-state index contributed by atoms with van der Waals surface area (Å²) in [5.74, 6) is 0. The fourth-order valence-electron chi connectivity index (χ4n) is 2.26. The van der Waals surface area contributed by atoms with Crippen molar-refractivity contribution in [1.82, 2.24) is 10.2 Å². The van der Waals surface area contributed by atoms with Crippen LogP contribution in [-0.4, -0.2) is 37.8 Å². The van der Waals surface area contributed by atoms with E-state index in [9.17, 15) is 4.39 Å². The largest absolute Gasteiger partial charge is 0.314 e. The number of piperazine rings is 1. The third kappa shape index (κ3) is 2.63. The Morgan fingerprint density at radius 2 is 2.06 bits per heavy atom. The Labute approximate surface area is 101 Å². The molecule has 0 bridgehead atoms. The van der Waals surface area contributed by atoms with Crippen LogP contribution in [0.15, 0.2) is 24.3 Å². The molecular weight excluding hydrogens is 217 g/mol. The molecule has 1 saturated heterocycles. The van der Waals surface area contributed by atoms with Crippen molar-refractivity contribution >= 4 is 0 Å². The van der Waals surface area contributed by atoms with E-state index in [1.165, 1.54) is 0 Å². The summed E-state index contributed by atoms with van der Waals surface area (Å²) in [6.07, 6.45) is 0. The maximum Gasteiger partial charge on any atom is 0.109 e. The Bertz CT molecular complexity index is 407. The zero-order chi connectivity index (χ0) is 12.1. The highest BCUT2D eigenvalue weighted by Crippen LogP contribution is 2.24. The highest BCUT2D eigenvalue weighted by molar-refractivity contribution is 5.39. The second kappa shape index (κ2) is 5.76. The molecule has 0 saturated carbocycles. The van der Waals surface area contributed by atoms with E-state index in [-0.39, 0.29) is 6.04 Å². The van der Waals surface area contributed by atoms with Crippen molar-refractivity contribution < 1.29 is 4.39 Å². The van der Waals surface area contributed by atoms with Gasteiger partial charge in [0.05, 0.1) is 17.7 Å². The molecular formula is C13H16FN3. The highest BCUT2D eigenvalue weighted by atomic mass is 19.1. The lowest BCUT2D eigenvalue weighted by Gasteiger charge is -2.34. The van der Waals surface area contributed by atoms with Gasteiger partial charge in [0.2, 0.25) is 0 Å². The lowest BCUT2D eigenvalue weighted by atomic mass is 10.00. The molecule has 4 heteroatoms. The van der Waals surface area contributed by atoms with Gasteiger partial charge in [0.15, 0.2) is 0 Å². The van der Waals surface area contributed by atoms with E-state index in [1.807, 2.05) is 18.2 Å². The fraction of sp³-hybridized carbons (Fsp3) is 0.462. The van der Waals surface area contributed by atoms with E-state index >= 15 is 0 Å². The molecule has 1 heterocycles. The minimum atomic E-state index is -0.446. The molecule has 0 unspecified atom stereocenters. The van der Waals surface area contributed by atoms with Crippen molar-refractivity contribution in [2.45, 2.75) is 6.04 Å². The van der Waals surface area contributed by atoms with Crippen LogP contribution in [0, 0.1) is 11.3 Å². The minimum Gasteiger partial charge on any atom is -0.314 e. The molecule has 17 heavy (non-hydrogen) atoms. The quantitative estimate of drug-likeness (QED) is 0.859. The van der Waals surface area contributed by atoms with Gasteiger partial charge in [-0.3, -0.25) is 4.90 Å². The van der Waals surface area contributed by atoms with Crippen LogP contribution in [-0.2, 0) is 0 Å². The first-order valence-corrected chi connectivity index (χ1v) is 5.86. The summed E-state index contributed by atoms with van der Waals surface area (Å²) >= 11 is 0. The first-order valence-electron chi connectivity index (χ1n) is 5.86. The second-order valence-electron chi connectivity index (χ2n) is 4.16. The zero-order valence-electron chi connectivity index (χ0n) is 9.69. The highest BCUT2D eigenvalue weighted by Gasteiger charge is 2.23. The zero-order valence-corrected chi connectivity index (χ0v) is 9.69. The molecule has 1 aromatic rings. The predicted molar refractivity (Wildman–Crippen MR) is 64.3 cm³/mol. The van der Waals surface area contributed by atoms with E-state index in [1.54, 1.807) is 6.07 Å². The van der Waals surface area contributed by atoms with E-state index < -0.39 is 6.67 Å². The monoisotopic (exact) mass is 233 g/mol. The normalized spacial score (nSPS) is 18.6. The topological polar surface area (TPSA) is 39.1 Å². The van der Waals surface area contributed by atoms with Crippen LogP contribution >= 0.6 is 0 Å². The van der Waals surface area contributed by atoms with Gasteiger partial charge in [0.1, 0.15) is 6.67 Å². The fourth-order valence-corrected chi connectivity index (χ4v) is 2.26. The molecule has 1 aliphatic heterocycles. The maximum atomic E-state index is 13.3. The lowest BCUT2D eigenvalue weighted by Crippen LogP contribution is -2.45. The molecule has 0 spiro atoms. The van der Waals surface area contributed by atoms with Crippen molar-refractivity contribution in [2.24, 2.45) is 0 Å². The lowest BCUT2D eigenvalue weighted by molar-refractivity contribution is 0.147. The summed E-state index contributed by atoms with van der Waals surface area (Å²) in [6, 6.07) is 9.14. The predicted octanol–water partition coefficient (Wildman–Crippen LogP) is 1.47. The van der Waals surface area contributed by atoms with Crippen LogP contribution in [0.5, 0.6) is 0 Å². The average molecular weight is 233 g/mol. The summed E-state index contributed by atoms with van der Waals surface area (Å²) in [6.45, 7) is 2.97. The molecule has 1 N–H and O–H groups in total. The number of halogens is 1. The third-order valence-corrected chi connectivity index (χ3v) is 3.18. The van der Waals surface area contributed by atoms with Crippen molar-refractivity contribution in [3.63, 3.8) is 0 Å². The van der Waals surface area contributed by atoms with E-state index in [0.29, 0.717) is 5.56 Å². The molecule has 1 atom stereocenters. The molecule has 0 aromatic heterocycles. The van der Waals surface area contributed by atoms with Crippen molar-refractivity contribution in [3.05, 3.63) is 35.4 Å². The third-order valence-electron chi connectivity index (χ3n) is 3.18. The molecule has 2 rings (SSSR count). The molecule has 0 amide bonds. The van der Waals surface area contributed by atoms with E-state index in [4.69, 9.17) is 5.26 Å². The van der Waals surface area contributed by atoms with Gasteiger partial charge >= 0.3 is 0 Å².